The molecular weight excluding hydrogens is 614 g/mol. The molecule has 0 atom stereocenters. The van der Waals surface area contributed by atoms with Crippen LogP contribution in [-0.2, 0) is 16.0 Å². The summed E-state index contributed by atoms with van der Waals surface area (Å²) in [7, 11) is 5.17. The summed E-state index contributed by atoms with van der Waals surface area (Å²) in [5.41, 5.74) is 2.52. The molecule has 1 heterocycles. The van der Waals surface area contributed by atoms with Crippen LogP contribution in [0.1, 0.15) is 28.8 Å². The second-order valence-electron chi connectivity index (χ2n) is 8.04. The summed E-state index contributed by atoms with van der Waals surface area (Å²) >= 11 is -0.298. The van der Waals surface area contributed by atoms with Crippen molar-refractivity contribution in [2.45, 2.75) is 24.2 Å². The van der Waals surface area contributed by atoms with Crippen LogP contribution in [0.25, 0.3) is 0 Å². The maximum absolute atomic E-state index is 12.0. The molecule has 0 saturated carbocycles. The van der Waals surface area contributed by atoms with Crippen molar-refractivity contribution < 1.29 is 19.3 Å². The number of likely N-dealkylation sites (tertiary alicyclic amines) is 1. The number of rotatable bonds is 7. The number of anilines is 2. The van der Waals surface area contributed by atoms with E-state index in [9.17, 15) is 24.5 Å². The first-order chi connectivity index (χ1) is 18.4. The third kappa shape index (κ3) is 10.9. The van der Waals surface area contributed by atoms with Gasteiger partial charge in [0, 0.05) is 42.2 Å². The van der Waals surface area contributed by atoms with Crippen molar-refractivity contribution in [1.29, 1.82) is 0 Å². The molecule has 38 heavy (non-hydrogen) atoms. The van der Waals surface area contributed by atoms with Gasteiger partial charge < -0.3 is 15.5 Å². The number of hydrogen-bond donors (Lipinski definition) is 2. The van der Waals surface area contributed by atoms with Gasteiger partial charge in [0.2, 0.25) is 12.3 Å². The van der Waals surface area contributed by atoms with Gasteiger partial charge >= 0.3 is 33.9 Å². The Bertz CT molecular complexity index is 1170. The molecule has 1 fully saturated rings. The van der Waals surface area contributed by atoms with Crippen molar-refractivity contribution in [3.05, 3.63) is 100 Å². The Hall–Kier alpha value is -3.44. The van der Waals surface area contributed by atoms with Crippen molar-refractivity contribution in [2.75, 3.05) is 23.7 Å². The van der Waals surface area contributed by atoms with E-state index in [1.54, 1.807) is 24.3 Å². The topological polar surface area (TPSA) is 122 Å². The Kier molecular flexibility index (Phi) is 13.9. The van der Waals surface area contributed by atoms with Crippen LogP contribution in [0.5, 0.6) is 0 Å². The molecule has 198 valence electrons. The van der Waals surface area contributed by atoms with Gasteiger partial charge in [-0.15, -0.1) is 0 Å². The second kappa shape index (κ2) is 17.1. The van der Waals surface area contributed by atoms with Gasteiger partial charge in [-0.2, -0.15) is 0 Å². The molecule has 0 bridgehead atoms. The van der Waals surface area contributed by atoms with E-state index in [2.05, 4.69) is 15.6 Å². The third-order valence-electron chi connectivity index (χ3n) is 5.37. The monoisotopic (exact) mass is 644 g/mol. The zero-order valence-corrected chi connectivity index (χ0v) is 24.5. The van der Waals surface area contributed by atoms with Crippen LogP contribution in [0, 0.1) is 10.1 Å². The zero-order valence-electron chi connectivity index (χ0n) is 20.9. The number of nitrogens with one attached hydrogen (secondary N) is 2. The molecule has 0 unspecified atom stereocenters. The zero-order chi connectivity index (χ0) is 27.8. The molecule has 2 N–H and O–H groups in total. The molecule has 9 nitrogen and oxygen atoms in total. The summed E-state index contributed by atoms with van der Waals surface area (Å²) in [4.78, 5) is 48.0. The summed E-state index contributed by atoms with van der Waals surface area (Å²) in [5.74, 6) is -0.102. The third-order valence-corrected chi connectivity index (χ3v) is 5.37. The molecule has 1 aliphatic heterocycles. The Morgan fingerprint density at radius 3 is 2.05 bits per heavy atom. The molecule has 0 spiro atoms. The van der Waals surface area contributed by atoms with Crippen molar-refractivity contribution in [1.82, 2.24) is 4.90 Å². The van der Waals surface area contributed by atoms with Gasteiger partial charge in [0.1, 0.15) is 0 Å². The van der Waals surface area contributed by atoms with Crippen molar-refractivity contribution in [3.63, 3.8) is 0 Å². The number of carbonyl (C=O) groups excluding carboxylic acids is 3. The molecule has 4 rings (SSSR count). The van der Waals surface area contributed by atoms with E-state index in [1.807, 2.05) is 35.2 Å². The number of halogens is 1. The molecule has 11 heteroatoms. The minimum atomic E-state index is -0.527. The number of nitrogens with zero attached hydrogens (tertiary/aromatic N) is 2. The first kappa shape index (κ1) is 30.8. The van der Waals surface area contributed by atoms with Gasteiger partial charge in [-0.25, -0.2) is 0 Å². The van der Waals surface area contributed by atoms with Crippen LogP contribution in [0.15, 0.2) is 78.9 Å². The average Bonchev–Trinajstić information content (AvgIpc) is 3.47. The van der Waals surface area contributed by atoms with Gasteiger partial charge in [-0.1, -0.05) is 30.3 Å². The Morgan fingerprint density at radius 1 is 0.974 bits per heavy atom. The minimum absolute atomic E-state index is 0.0733. The average molecular weight is 644 g/mol. The SMILES string of the molecule is O=C(Cc1ccccc1)N1CCCC1.O=CNc1ccc(NC(=O)c2ccc([N+](=O)[O-])cc2)cc1.[CH3][Sn][Cl]. The molecular formula is C27H29ClN4O5Sn. The molecule has 3 aromatic rings. The number of non-ortho nitro benzene ring substituents is 1. The standard InChI is InChI=1S/C14H11N3O4.C12H15NO.CH3.ClH.Sn/c18-9-15-11-3-5-12(6-4-11)16-14(19)10-1-7-13(8-2-10)17(20)21;14-12(13-8-4-5-9-13)10-11-6-2-1-3-7-11;;;/h1-9H,(H,15,18)(H,16,19);1-3,6-7H,4-5,8-10H2;1H3;1H;/q;;;;+1/p-1. The fraction of sp³-hybridized carbons (Fsp3) is 0.222. The molecule has 3 aromatic carbocycles. The van der Waals surface area contributed by atoms with E-state index in [4.69, 9.17) is 8.92 Å². The molecule has 2 radical (unpaired) electrons. The van der Waals surface area contributed by atoms with Gasteiger partial charge in [0.25, 0.3) is 11.6 Å². The first-order valence-electron chi connectivity index (χ1n) is 11.8. The summed E-state index contributed by atoms with van der Waals surface area (Å²) in [6.07, 6.45) is 3.45. The molecule has 0 aromatic heterocycles. The van der Waals surface area contributed by atoms with E-state index >= 15 is 0 Å². The van der Waals surface area contributed by atoms with Crippen LogP contribution >= 0.6 is 8.92 Å². The summed E-state index contributed by atoms with van der Waals surface area (Å²) in [5, 5.41) is 15.7. The predicted molar refractivity (Wildman–Crippen MR) is 151 cm³/mol. The van der Waals surface area contributed by atoms with Crippen LogP contribution in [-0.4, -0.2) is 61.2 Å². The van der Waals surface area contributed by atoms with Gasteiger partial charge in [0.05, 0.1) is 11.3 Å². The van der Waals surface area contributed by atoms with Crippen LogP contribution in [0.4, 0.5) is 17.1 Å². The number of carbonyl (C=O) groups is 3. The number of amides is 3. The van der Waals surface area contributed by atoms with Crippen molar-refractivity contribution >= 4 is 64.2 Å². The van der Waals surface area contributed by atoms with Crippen molar-refractivity contribution in [2.24, 2.45) is 0 Å². The first-order valence-corrected chi connectivity index (χ1v) is 18.3. The molecule has 1 saturated heterocycles. The number of nitro benzene ring substituents is 1. The van der Waals surface area contributed by atoms with E-state index in [0.29, 0.717) is 29.8 Å². The number of benzene rings is 3. The van der Waals surface area contributed by atoms with Gasteiger partial charge in [0.15, 0.2) is 0 Å². The van der Waals surface area contributed by atoms with E-state index in [0.717, 1.165) is 18.7 Å². The van der Waals surface area contributed by atoms with Crippen LogP contribution in [0.3, 0.4) is 0 Å². The van der Waals surface area contributed by atoms with Crippen LogP contribution in [0.2, 0.25) is 4.94 Å². The van der Waals surface area contributed by atoms with Crippen LogP contribution < -0.4 is 10.6 Å². The fourth-order valence-corrected chi connectivity index (χ4v) is 3.50. The van der Waals surface area contributed by atoms with E-state index in [1.165, 1.54) is 37.1 Å². The Labute approximate surface area is 235 Å². The number of hydrogen-bond acceptors (Lipinski definition) is 5. The summed E-state index contributed by atoms with van der Waals surface area (Å²) < 4.78 is 0. The normalized spacial score (nSPS) is 11.7. The molecule has 1 aliphatic rings. The Morgan fingerprint density at radius 2 is 1.53 bits per heavy atom. The predicted octanol–water partition coefficient (Wildman–Crippen LogP) is 5.16. The van der Waals surface area contributed by atoms with Crippen molar-refractivity contribution in [3.8, 4) is 0 Å². The van der Waals surface area contributed by atoms with Gasteiger partial charge in [-0.3, -0.25) is 24.5 Å². The quantitative estimate of drug-likeness (QED) is 0.160. The molecule has 3 amide bonds. The van der Waals surface area contributed by atoms with E-state index < -0.39 is 4.92 Å². The Balaban J connectivity index is 0.000000257. The summed E-state index contributed by atoms with van der Waals surface area (Å²) in [6.45, 7) is 1.90. The maximum atomic E-state index is 12.0. The second-order valence-corrected chi connectivity index (χ2v) is 11.7. The van der Waals surface area contributed by atoms with E-state index in [-0.39, 0.29) is 37.5 Å². The number of nitro groups is 1. The summed E-state index contributed by atoms with van der Waals surface area (Å²) in [6, 6.07) is 21.8. The molecule has 0 aliphatic carbocycles. The fourth-order valence-electron chi connectivity index (χ4n) is 3.50. The van der Waals surface area contributed by atoms with Gasteiger partial charge in [-0.05, 0) is 54.8 Å².